The van der Waals surface area contributed by atoms with Gasteiger partial charge >= 0.3 is 6.03 Å². The van der Waals surface area contributed by atoms with Gasteiger partial charge in [0.2, 0.25) is 15.9 Å². The number of urea groups is 1. The van der Waals surface area contributed by atoms with E-state index >= 15 is 0 Å². The van der Waals surface area contributed by atoms with Crippen molar-refractivity contribution in [3.8, 4) is 0 Å². The van der Waals surface area contributed by atoms with E-state index in [0.29, 0.717) is 26.2 Å². The average molecular weight is 459 g/mol. The summed E-state index contributed by atoms with van der Waals surface area (Å²) >= 11 is 0. The molecule has 0 unspecified atom stereocenters. The first-order chi connectivity index (χ1) is 15.2. The van der Waals surface area contributed by atoms with Crippen LogP contribution < -0.4 is 10.0 Å². The number of amides is 3. The standard InChI is InChI=1S/C23H30N4O4S/c1-17-5-4-6-20(15-17)25-23(29)27-13-11-26(12-14-27)22(28)9-10-24-32(30,31)21-8-7-18(2)19(3)16-21/h4-8,15-16,24H,9-14H2,1-3H3,(H,25,29). The number of carbonyl (C=O) groups excluding carboxylic acids is 2. The Morgan fingerprint density at radius 2 is 1.59 bits per heavy atom. The Morgan fingerprint density at radius 3 is 2.25 bits per heavy atom. The molecule has 0 radical (unpaired) electrons. The van der Waals surface area contributed by atoms with Crippen molar-refractivity contribution in [3.63, 3.8) is 0 Å². The van der Waals surface area contributed by atoms with Crippen LogP contribution in [0.1, 0.15) is 23.1 Å². The summed E-state index contributed by atoms with van der Waals surface area (Å²) in [6.45, 7) is 7.47. The van der Waals surface area contributed by atoms with E-state index in [9.17, 15) is 18.0 Å². The van der Waals surface area contributed by atoms with E-state index in [4.69, 9.17) is 0 Å². The van der Waals surface area contributed by atoms with Gasteiger partial charge < -0.3 is 15.1 Å². The molecule has 0 aliphatic carbocycles. The largest absolute Gasteiger partial charge is 0.339 e. The first kappa shape index (κ1) is 23.7. The maximum atomic E-state index is 12.5. The summed E-state index contributed by atoms with van der Waals surface area (Å²) < 4.78 is 27.4. The molecule has 1 saturated heterocycles. The number of piperazine rings is 1. The van der Waals surface area contributed by atoms with Gasteiger partial charge in [-0.3, -0.25) is 4.79 Å². The van der Waals surface area contributed by atoms with Crippen LogP contribution in [-0.2, 0) is 14.8 Å². The van der Waals surface area contributed by atoms with E-state index in [1.54, 1.807) is 28.0 Å². The lowest BCUT2D eigenvalue weighted by atomic mass is 10.1. The molecule has 8 nitrogen and oxygen atoms in total. The fraction of sp³-hybridized carbons (Fsp3) is 0.391. The number of sulfonamides is 1. The lowest BCUT2D eigenvalue weighted by Crippen LogP contribution is -2.52. The van der Waals surface area contributed by atoms with Crippen molar-refractivity contribution >= 4 is 27.6 Å². The fourth-order valence-corrected chi connectivity index (χ4v) is 4.62. The van der Waals surface area contributed by atoms with E-state index < -0.39 is 10.0 Å². The first-order valence-electron chi connectivity index (χ1n) is 10.6. The highest BCUT2D eigenvalue weighted by Gasteiger charge is 2.24. The minimum atomic E-state index is -3.66. The van der Waals surface area contributed by atoms with Crippen molar-refractivity contribution in [1.29, 1.82) is 0 Å². The topological polar surface area (TPSA) is 98.8 Å². The van der Waals surface area contributed by atoms with Gasteiger partial charge in [0.15, 0.2) is 0 Å². The summed E-state index contributed by atoms with van der Waals surface area (Å²) in [5.41, 5.74) is 3.72. The highest BCUT2D eigenvalue weighted by atomic mass is 32.2. The van der Waals surface area contributed by atoms with Gasteiger partial charge in [-0.2, -0.15) is 0 Å². The Balaban J connectivity index is 1.44. The SMILES string of the molecule is Cc1cccc(NC(=O)N2CCN(C(=O)CCNS(=O)(=O)c3ccc(C)c(C)c3)CC2)c1. The predicted molar refractivity (Wildman–Crippen MR) is 124 cm³/mol. The molecule has 1 heterocycles. The second-order valence-electron chi connectivity index (χ2n) is 8.06. The van der Waals surface area contributed by atoms with Crippen molar-refractivity contribution in [2.45, 2.75) is 32.1 Å². The fourth-order valence-electron chi connectivity index (χ4n) is 3.50. The summed E-state index contributed by atoms with van der Waals surface area (Å²) in [6, 6.07) is 12.3. The van der Waals surface area contributed by atoms with E-state index in [1.807, 2.05) is 45.0 Å². The van der Waals surface area contributed by atoms with Gasteiger partial charge in [0, 0.05) is 44.8 Å². The Morgan fingerprint density at radius 1 is 0.906 bits per heavy atom. The molecule has 9 heteroatoms. The number of rotatable bonds is 6. The van der Waals surface area contributed by atoms with Gasteiger partial charge in [-0.1, -0.05) is 18.2 Å². The van der Waals surface area contributed by atoms with Crippen molar-refractivity contribution < 1.29 is 18.0 Å². The van der Waals surface area contributed by atoms with Crippen LogP contribution in [0.3, 0.4) is 0 Å². The molecule has 2 aromatic carbocycles. The Hall–Kier alpha value is -2.91. The van der Waals surface area contributed by atoms with Crippen LogP contribution in [0.5, 0.6) is 0 Å². The summed E-state index contributed by atoms with van der Waals surface area (Å²) in [6.07, 6.45) is 0.0690. The third kappa shape index (κ3) is 6.08. The Kier molecular flexibility index (Phi) is 7.52. The predicted octanol–water partition coefficient (Wildman–Crippen LogP) is 2.66. The van der Waals surface area contributed by atoms with Gasteiger partial charge in [0.1, 0.15) is 0 Å². The lowest BCUT2D eigenvalue weighted by Gasteiger charge is -2.34. The van der Waals surface area contributed by atoms with Gasteiger partial charge in [0.05, 0.1) is 4.90 Å². The summed E-state index contributed by atoms with van der Waals surface area (Å²) in [7, 11) is -3.66. The number of benzene rings is 2. The highest BCUT2D eigenvalue weighted by molar-refractivity contribution is 7.89. The number of nitrogens with zero attached hydrogens (tertiary/aromatic N) is 2. The van der Waals surface area contributed by atoms with Crippen molar-refractivity contribution in [1.82, 2.24) is 14.5 Å². The molecule has 3 amide bonds. The number of hydrogen-bond donors (Lipinski definition) is 2. The molecule has 172 valence electrons. The summed E-state index contributed by atoms with van der Waals surface area (Å²) in [4.78, 5) is 28.5. The van der Waals surface area contributed by atoms with Crippen LogP contribution in [0.4, 0.5) is 10.5 Å². The molecule has 0 saturated carbocycles. The minimum Gasteiger partial charge on any atom is -0.339 e. The van der Waals surface area contributed by atoms with Crippen LogP contribution >= 0.6 is 0 Å². The molecule has 0 atom stereocenters. The number of anilines is 1. The third-order valence-corrected chi connectivity index (χ3v) is 7.07. The maximum absolute atomic E-state index is 12.5. The molecular weight excluding hydrogens is 428 g/mol. The van der Waals surface area contributed by atoms with Crippen LogP contribution in [0, 0.1) is 20.8 Å². The van der Waals surface area contributed by atoms with Crippen LogP contribution in [0.2, 0.25) is 0 Å². The molecule has 1 aliphatic rings. The van der Waals surface area contributed by atoms with Gasteiger partial charge in [-0.15, -0.1) is 0 Å². The maximum Gasteiger partial charge on any atom is 0.321 e. The molecule has 1 aliphatic heterocycles. The third-order valence-electron chi connectivity index (χ3n) is 5.61. The quantitative estimate of drug-likeness (QED) is 0.695. The number of carbonyl (C=O) groups is 2. The van der Waals surface area contributed by atoms with E-state index in [1.165, 1.54) is 0 Å². The second-order valence-corrected chi connectivity index (χ2v) is 9.83. The van der Waals surface area contributed by atoms with Crippen LogP contribution in [-0.4, -0.2) is 62.9 Å². The molecule has 32 heavy (non-hydrogen) atoms. The van der Waals surface area contributed by atoms with Gasteiger partial charge in [0.25, 0.3) is 0 Å². The smallest absolute Gasteiger partial charge is 0.321 e. The monoisotopic (exact) mass is 458 g/mol. The van der Waals surface area contributed by atoms with Gasteiger partial charge in [-0.05, 0) is 61.7 Å². The zero-order valence-electron chi connectivity index (χ0n) is 18.7. The van der Waals surface area contributed by atoms with Crippen LogP contribution in [0.25, 0.3) is 0 Å². The van der Waals surface area contributed by atoms with Crippen molar-refractivity contribution in [2.24, 2.45) is 0 Å². The Labute approximate surface area is 189 Å². The van der Waals surface area contributed by atoms with E-state index in [0.717, 1.165) is 22.4 Å². The zero-order valence-corrected chi connectivity index (χ0v) is 19.5. The molecule has 0 aromatic heterocycles. The first-order valence-corrected chi connectivity index (χ1v) is 12.1. The van der Waals surface area contributed by atoms with Crippen LogP contribution in [0.15, 0.2) is 47.4 Å². The number of aryl methyl sites for hydroxylation is 3. The molecular formula is C23H30N4O4S. The van der Waals surface area contributed by atoms with E-state index in [2.05, 4.69) is 10.0 Å². The number of hydrogen-bond acceptors (Lipinski definition) is 4. The molecule has 1 fully saturated rings. The van der Waals surface area contributed by atoms with E-state index in [-0.39, 0.29) is 29.8 Å². The average Bonchev–Trinajstić information content (AvgIpc) is 2.75. The molecule has 0 bridgehead atoms. The summed E-state index contributed by atoms with van der Waals surface area (Å²) in [5.74, 6) is -0.133. The molecule has 2 aromatic rings. The Bertz CT molecular complexity index is 1090. The van der Waals surface area contributed by atoms with Crippen molar-refractivity contribution in [2.75, 3.05) is 38.0 Å². The molecule has 0 spiro atoms. The van der Waals surface area contributed by atoms with Gasteiger partial charge in [-0.25, -0.2) is 17.9 Å². The minimum absolute atomic E-state index is 0.0299. The number of nitrogens with one attached hydrogen (secondary N) is 2. The second kappa shape index (κ2) is 10.1. The zero-order chi connectivity index (χ0) is 23.3. The normalized spacial score (nSPS) is 14.3. The molecule has 2 N–H and O–H groups in total. The van der Waals surface area contributed by atoms with Crippen molar-refractivity contribution in [3.05, 3.63) is 59.2 Å². The molecule has 3 rings (SSSR count). The summed E-state index contributed by atoms with van der Waals surface area (Å²) in [5, 5.41) is 2.88. The lowest BCUT2D eigenvalue weighted by molar-refractivity contribution is -0.132. The highest BCUT2D eigenvalue weighted by Crippen LogP contribution is 2.15.